The van der Waals surface area contributed by atoms with Gasteiger partial charge in [0.15, 0.2) is 5.78 Å². The van der Waals surface area contributed by atoms with Gasteiger partial charge in [0.1, 0.15) is 29.3 Å². The first-order valence-corrected chi connectivity index (χ1v) is 8.22. The van der Waals surface area contributed by atoms with Crippen molar-refractivity contribution in [3.05, 3.63) is 46.5 Å². The second-order valence-electron chi connectivity index (χ2n) is 6.06. The van der Waals surface area contributed by atoms with E-state index in [1.165, 1.54) is 6.08 Å². The number of phenolic OH excluding ortho intramolecular Hbond substituents is 2. The van der Waals surface area contributed by atoms with Crippen LogP contribution in [0.5, 0.6) is 11.5 Å². The number of hydrogen-bond donors (Lipinski definition) is 2. The maximum absolute atomic E-state index is 12.5. The maximum Gasteiger partial charge on any atom is 0.342 e. The quantitative estimate of drug-likeness (QED) is 0.542. The lowest BCUT2D eigenvalue weighted by atomic mass is 10.00. The molecule has 25 heavy (non-hydrogen) atoms. The minimum absolute atomic E-state index is 0.0348. The van der Waals surface area contributed by atoms with Crippen LogP contribution in [0.4, 0.5) is 0 Å². The van der Waals surface area contributed by atoms with Crippen LogP contribution in [0.3, 0.4) is 0 Å². The van der Waals surface area contributed by atoms with Crippen LogP contribution < -0.4 is 0 Å². The van der Waals surface area contributed by atoms with E-state index in [-0.39, 0.29) is 40.6 Å². The molecule has 7 heteroatoms. The fraction of sp³-hybridized carbons (Fsp3) is 0.333. The van der Waals surface area contributed by atoms with Crippen molar-refractivity contribution in [3.8, 4) is 11.5 Å². The number of aromatic hydroxyl groups is 2. The Morgan fingerprint density at radius 3 is 2.72 bits per heavy atom. The predicted octanol–water partition coefficient (Wildman–Crippen LogP) is 2.69. The van der Waals surface area contributed by atoms with E-state index in [1.807, 2.05) is 6.08 Å². The Kier molecular flexibility index (Phi) is 4.83. The minimum Gasteiger partial charge on any atom is -0.507 e. The van der Waals surface area contributed by atoms with Gasteiger partial charge in [-0.15, -0.1) is 0 Å². The Hall–Kier alpha value is -2.31. The summed E-state index contributed by atoms with van der Waals surface area (Å²) in [4.78, 5) is 24.6. The predicted molar refractivity (Wildman–Crippen MR) is 89.9 cm³/mol. The molecule has 1 fully saturated rings. The number of fused-ring (bicyclic) bond motifs is 2. The van der Waals surface area contributed by atoms with E-state index in [4.69, 9.17) is 21.1 Å². The third kappa shape index (κ3) is 3.86. The second kappa shape index (κ2) is 6.90. The maximum atomic E-state index is 12.5. The van der Waals surface area contributed by atoms with Gasteiger partial charge in [0.25, 0.3) is 0 Å². The summed E-state index contributed by atoms with van der Waals surface area (Å²) in [6.07, 6.45) is 6.13. The van der Waals surface area contributed by atoms with Gasteiger partial charge in [-0.2, -0.15) is 0 Å². The van der Waals surface area contributed by atoms with E-state index >= 15 is 0 Å². The number of carbonyl (C=O) groups excluding carboxylic acids is 2. The fourth-order valence-electron chi connectivity index (χ4n) is 2.78. The highest BCUT2D eigenvalue weighted by Crippen LogP contribution is 2.37. The number of esters is 1. The standard InChI is InChI=1S/C18H17ClO6/c1-9-6-15-14(25-15)5-3-2-4-10(20)7-11-16(18(23)24-9)12(21)8-13(22)17(11)19/h2-5,8-9,14-15,21-22H,6-7H2,1H3/b4-2+,5-3-/t9?,14?,15-/m0/s1. The Balaban J connectivity index is 2.01. The van der Waals surface area contributed by atoms with Crippen LogP contribution in [0.15, 0.2) is 30.4 Å². The van der Waals surface area contributed by atoms with E-state index in [2.05, 4.69) is 0 Å². The van der Waals surface area contributed by atoms with Crippen LogP contribution in [-0.4, -0.2) is 40.3 Å². The van der Waals surface area contributed by atoms with Gasteiger partial charge in [0.05, 0.1) is 11.1 Å². The number of benzene rings is 1. The topological polar surface area (TPSA) is 96.4 Å². The third-order valence-electron chi connectivity index (χ3n) is 4.06. The highest BCUT2D eigenvalue weighted by atomic mass is 35.5. The molecule has 1 aromatic rings. The first-order chi connectivity index (χ1) is 11.9. The molecule has 3 rings (SSSR count). The van der Waals surface area contributed by atoms with Crippen molar-refractivity contribution >= 4 is 23.4 Å². The summed E-state index contributed by atoms with van der Waals surface area (Å²) in [5.74, 6) is -2.04. The molecule has 2 heterocycles. The molecule has 6 nitrogen and oxygen atoms in total. The molecule has 0 aromatic heterocycles. The number of carbonyl (C=O) groups is 2. The molecule has 0 bridgehead atoms. The molecule has 0 aliphatic carbocycles. The lowest BCUT2D eigenvalue weighted by Crippen LogP contribution is -2.19. The molecule has 0 amide bonds. The zero-order valence-corrected chi connectivity index (χ0v) is 14.2. The lowest BCUT2D eigenvalue weighted by molar-refractivity contribution is -0.114. The average molecular weight is 365 g/mol. The summed E-state index contributed by atoms with van der Waals surface area (Å²) in [7, 11) is 0. The van der Waals surface area contributed by atoms with E-state index in [0.29, 0.717) is 6.42 Å². The van der Waals surface area contributed by atoms with Crippen molar-refractivity contribution in [1.82, 2.24) is 0 Å². The van der Waals surface area contributed by atoms with Gasteiger partial charge in [0.2, 0.25) is 0 Å². The summed E-state index contributed by atoms with van der Waals surface area (Å²) in [5, 5.41) is 19.7. The highest BCUT2D eigenvalue weighted by molar-refractivity contribution is 6.33. The van der Waals surface area contributed by atoms with E-state index in [9.17, 15) is 19.8 Å². The van der Waals surface area contributed by atoms with Crippen molar-refractivity contribution in [2.75, 3.05) is 0 Å². The Labute approximate surface area is 149 Å². The summed E-state index contributed by atoms with van der Waals surface area (Å²) in [6.45, 7) is 1.72. The second-order valence-corrected chi connectivity index (χ2v) is 6.44. The number of hydrogen-bond acceptors (Lipinski definition) is 6. The first kappa shape index (κ1) is 17.5. The lowest BCUT2D eigenvalue weighted by Gasteiger charge is -2.16. The molecular weight excluding hydrogens is 348 g/mol. The number of halogens is 1. The van der Waals surface area contributed by atoms with Gasteiger partial charge in [0, 0.05) is 24.5 Å². The van der Waals surface area contributed by atoms with Gasteiger partial charge in [-0.05, 0) is 13.0 Å². The van der Waals surface area contributed by atoms with Crippen molar-refractivity contribution in [1.29, 1.82) is 0 Å². The van der Waals surface area contributed by atoms with Crippen molar-refractivity contribution in [3.63, 3.8) is 0 Å². The van der Waals surface area contributed by atoms with Gasteiger partial charge < -0.3 is 19.7 Å². The van der Waals surface area contributed by atoms with Crippen LogP contribution in [0, 0.1) is 0 Å². The van der Waals surface area contributed by atoms with Crippen LogP contribution >= 0.6 is 11.6 Å². The highest BCUT2D eigenvalue weighted by Gasteiger charge is 2.38. The normalized spacial score (nSPS) is 29.0. The SMILES string of the molecule is CC1C[C@@H]2OC2/C=C\C=C\C(=O)Cc2c(Cl)c(O)cc(O)c2C(=O)O1. The summed E-state index contributed by atoms with van der Waals surface area (Å²) < 4.78 is 10.8. The molecule has 0 spiro atoms. The summed E-state index contributed by atoms with van der Waals surface area (Å²) in [5.41, 5.74) is -0.176. The van der Waals surface area contributed by atoms with Crippen molar-refractivity contribution < 1.29 is 29.3 Å². The van der Waals surface area contributed by atoms with Crippen molar-refractivity contribution in [2.24, 2.45) is 0 Å². The Morgan fingerprint density at radius 2 is 1.96 bits per heavy atom. The van der Waals surface area contributed by atoms with E-state index < -0.39 is 23.6 Å². The summed E-state index contributed by atoms with van der Waals surface area (Å²) in [6, 6.07) is 0.958. The van der Waals surface area contributed by atoms with E-state index in [1.54, 1.807) is 19.1 Å². The zero-order valence-electron chi connectivity index (χ0n) is 13.4. The molecule has 1 saturated heterocycles. The Morgan fingerprint density at radius 1 is 1.20 bits per heavy atom. The monoisotopic (exact) mass is 364 g/mol. The average Bonchev–Trinajstić information content (AvgIpc) is 3.25. The van der Waals surface area contributed by atoms with Crippen molar-refractivity contribution in [2.45, 2.75) is 38.1 Å². The number of phenols is 2. The largest absolute Gasteiger partial charge is 0.507 e. The van der Waals surface area contributed by atoms with Gasteiger partial charge in [-0.3, -0.25) is 4.79 Å². The number of ketones is 1. The van der Waals surface area contributed by atoms with E-state index in [0.717, 1.165) is 6.07 Å². The third-order valence-corrected chi connectivity index (χ3v) is 4.49. The molecule has 3 atom stereocenters. The Bertz CT molecular complexity index is 782. The number of allylic oxidation sites excluding steroid dienone is 3. The van der Waals surface area contributed by atoms with Crippen LogP contribution in [0.2, 0.25) is 5.02 Å². The molecule has 2 aliphatic rings. The number of ether oxygens (including phenoxy) is 2. The molecular formula is C18H17ClO6. The minimum atomic E-state index is -0.802. The molecule has 1 aromatic carbocycles. The van der Waals surface area contributed by atoms with Gasteiger partial charge in [-0.1, -0.05) is 29.8 Å². The zero-order chi connectivity index (χ0) is 18.1. The van der Waals surface area contributed by atoms with Crippen LogP contribution in [0.25, 0.3) is 0 Å². The van der Waals surface area contributed by atoms with Crippen LogP contribution in [0.1, 0.15) is 29.3 Å². The number of rotatable bonds is 0. The molecule has 132 valence electrons. The smallest absolute Gasteiger partial charge is 0.342 e. The van der Waals surface area contributed by atoms with Gasteiger partial charge in [-0.25, -0.2) is 4.79 Å². The molecule has 0 radical (unpaired) electrons. The number of cyclic esters (lactones) is 1. The molecule has 2 N–H and O–H groups in total. The number of epoxide rings is 1. The fourth-order valence-corrected chi connectivity index (χ4v) is 3.00. The molecule has 2 unspecified atom stereocenters. The summed E-state index contributed by atoms with van der Waals surface area (Å²) >= 11 is 6.05. The molecule has 2 aliphatic heterocycles. The molecule has 0 saturated carbocycles. The van der Waals surface area contributed by atoms with Gasteiger partial charge >= 0.3 is 5.97 Å². The first-order valence-electron chi connectivity index (χ1n) is 7.84. The van der Waals surface area contributed by atoms with Crippen LogP contribution in [-0.2, 0) is 20.7 Å².